The SMILES string of the molecule is N#CC(C#N)=C1c2cc(B(O)O)ccc2-c2cc3ccccc3cc21. The zero-order chi connectivity index (χ0) is 17.6. The molecule has 0 spiro atoms. The maximum Gasteiger partial charge on any atom is 0.488 e. The molecule has 0 saturated heterocycles. The van der Waals surface area contributed by atoms with Gasteiger partial charge in [-0.25, -0.2) is 0 Å². The molecule has 2 N–H and O–H groups in total. The number of fused-ring (bicyclic) bond motifs is 4. The van der Waals surface area contributed by atoms with Gasteiger partial charge in [-0.15, -0.1) is 0 Å². The average molecular weight is 322 g/mol. The molecule has 0 heterocycles. The fraction of sp³-hybridized carbons (Fsp3) is 0. The molecule has 0 saturated carbocycles. The molecule has 5 heteroatoms. The molecular weight excluding hydrogens is 311 g/mol. The number of nitrogens with zero attached hydrogens (tertiary/aromatic N) is 2. The minimum atomic E-state index is -1.61. The first-order chi connectivity index (χ1) is 12.1. The Hall–Kier alpha value is -3.38. The lowest BCUT2D eigenvalue weighted by Gasteiger charge is -2.05. The van der Waals surface area contributed by atoms with Gasteiger partial charge in [0.05, 0.1) is 0 Å². The first-order valence-electron chi connectivity index (χ1n) is 7.72. The average Bonchev–Trinajstić information content (AvgIpc) is 2.94. The van der Waals surface area contributed by atoms with Gasteiger partial charge in [-0.1, -0.05) is 42.5 Å². The number of hydrogen-bond donors (Lipinski definition) is 2. The minimum absolute atomic E-state index is 0.0138. The first kappa shape index (κ1) is 15.2. The van der Waals surface area contributed by atoms with Crippen LogP contribution < -0.4 is 5.46 Å². The molecule has 25 heavy (non-hydrogen) atoms. The van der Waals surface area contributed by atoms with Crippen molar-refractivity contribution in [2.75, 3.05) is 0 Å². The summed E-state index contributed by atoms with van der Waals surface area (Å²) in [5.41, 5.74) is 4.19. The van der Waals surface area contributed by atoms with Gasteiger partial charge in [-0.2, -0.15) is 10.5 Å². The molecule has 1 aliphatic carbocycles. The third kappa shape index (κ3) is 2.23. The maximum absolute atomic E-state index is 9.48. The second kappa shape index (κ2) is 5.61. The monoisotopic (exact) mass is 322 g/mol. The van der Waals surface area contributed by atoms with Crippen LogP contribution in [0, 0.1) is 22.7 Å². The van der Waals surface area contributed by atoms with Crippen molar-refractivity contribution in [1.82, 2.24) is 0 Å². The van der Waals surface area contributed by atoms with Gasteiger partial charge >= 0.3 is 7.12 Å². The van der Waals surface area contributed by atoms with Crippen LogP contribution in [0.5, 0.6) is 0 Å². The Kier molecular flexibility index (Phi) is 3.40. The Morgan fingerprint density at radius 1 is 0.760 bits per heavy atom. The molecule has 0 fully saturated rings. The van der Waals surface area contributed by atoms with Gasteiger partial charge in [0.2, 0.25) is 0 Å². The van der Waals surface area contributed by atoms with Crippen molar-refractivity contribution in [2.45, 2.75) is 0 Å². The standard InChI is InChI=1S/C20H11BN2O2/c22-10-14(11-23)20-18-8-13-4-2-1-3-12(13)7-17(18)16-6-5-15(21(24)25)9-19(16)20/h1-9,24-25H. The highest BCUT2D eigenvalue weighted by atomic mass is 16.4. The van der Waals surface area contributed by atoms with Crippen LogP contribution in [0.25, 0.3) is 27.5 Å². The van der Waals surface area contributed by atoms with Crippen LogP contribution in [0.4, 0.5) is 0 Å². The first-order valence-corrected chi connectivity index (χ1v) is 7.72. The van der Waals surface area contributed by atoms with E-state index in [1.54, 1.807) is 18.2 Å². The molecule has 3 aromatic rings. The number of allylic oxidation sites excluding steroid dienone is 1. The van der Waals surface area contributed by atoms with E-state index in [0.29, 0.717) is 16.6 Å². The lowest BCUT2D eigenvalue weighted by atomic mass is 9.78. The fourth-order valence-corrected chi connectivity index (χ4v) is 3.39. The Labute approximate surface area is 144 Å². The number of nitriles is 2. The third-order valence-corrected chi connectivity index (χ3v) is 4.53. The van der Waals surface area contributed by atoms with Crippen LogP contribution in [0.2, 0.25) is 0 Å². The summed E-state index contributed by atoms with van der Waals surface area (Å²) >= 11 is 0. The van der Waals surface area contributed by atoms with Crippen molar-refractivity contribution in [2.24, 2.45) is 0 Å². The normalized spacial score (nSPS) is 11.4. The van der Waals surface area contributed by atoms with Crippen LogP contribution in [0.3, 0.4) is 0 Å². The van der Waals surface area contributed by atoms with Crippen LogP contribution in [0.1, 0.15) is 11.1 Å². The highest BCUT2D eigenvalue weighted by molar-refractivity contribution is 6.58. The van der Waals surface area contributed by atoms with Crippen LogP contribution >= 0.6 is 0 Å². The Morgan fingerprint density at radius 2 is 1.36 bits per heavy atom. The molecule has 4 rings (SSSR count). The Morgan fingerprint density at radius 3 is 1.96 bits per heavy atom. The smallest absolute Gasteiger partial charge is 0.423 e. The molecule has 4 nitrogen and oxygen atoms in total. The molecule has 116 valence electrons. The van der Waals surface area contributed by atoms with E-state index in [9.17, 15) is 20.6 Å². The molecule has 0 unspecified atom stereocenters. The van der Waals surface area contributed by atoms with Crippen LogP contribution in [-0.2, 0) is 0 Å². The second-order valence-corrected chi connectivity index (χ2v) is 5.90. The van der Waals surface area contributed by atoms with Crippen LogP contribution in [0.15, 0.2) is 60.2 Å². The predicted molar refractivity (Wildman–Crippen MR) is 96.5 cm³/mol. The van der Waals surface area contributed by atoms with Gasteiger partial charge in [-0.3, -0.25) is 0 Å². The van der Waals surface area contributed by atoms with Gasteiger partial charge in [0.25, 0.3) is 0 Å². The molecule has 0 aliphatic heterocycles. The molecule has 0 bridgehead atoms. The lowest BCUT2D eigenvalue weighted by Crippen LogP contribution is -2.29. The highest BCUT2D eigenvalue weighted by Crippen LogP contribution is 2.46. The Bertz CT molecular complexity index is 1130. The van der Waals surface area contributed by atoms with E-state index < -0.39 is 7.12 Å². The molecule has 0 radical (unpaired) electrons. The summed E-state index contributed by atoms with van der Waals surface area (Å²) in [7, 11) is -1.61. The fourth-order valence-electron chi connectivity index (χ4n) is 3.39. The zero-order valence-corrected chi connectivity index (χ0v) is 13.1. The molecule has 0 aromatic heterocycles. The van der Waals surface area contributed by atoms with Crippen molar-refractivity contribution < 1.29 is 10.0 Å². The van der Waals surface area contributed by atoms with E-state index in [2.05, 4.69) is 0 Å². The molecule has 1 aliphatic rings. The van der Waals surface area contributed by atoms with E-state index in [1.807, 2.05) is 48.5 Å². The zero-order valence-electron chi connectivity index (χ0n) is 13.1. The minimum Gasteiger partial charge on any atom is -0.423 e. The van der Waals surface area contributed by atoms with Crippen molar-refractivity contribution in [1.29, 1.82) is 10.5 Å². The van der Waals surface area contributed by atoms with E-state index in [1.165, 1.54) is 0 Å². The van der Waals surface area contributed by atoms with Gasteiger partial charge in [0.1, 0.15) is 17.7 Å². The molecule has 3 aromatic carbocycles. The van der Waals surface area contributed by atoms with Gasteiger partial charge in [0, 0.05) is 5.57 Å². The lowest BCUT2D eigenvalue weighted by molar-refractivity contribution is 0.426. The van der Waals surface area contributed by atoms with Gasteiger partial charge in [-0.05, 0) is 50.6 Å². The number of hydrogen-bond acceptors (Lipinski definition) is 4. The molecular formula is C20H11BN2O2. The largest absolute Gasteiger partial charge is 0.488 e. The molecule has 0 atom stereocenters. The van der Waals surface area contributed by atoms with Crippen molar-refractivity contribution in [3.05, 3.63) is 71.3 Å². The molecule has 0 amide bonds. The summed E-state index contributed by atoms with van der Waals surface area (Å²) in [6.45, 7) is 0. The topological polar surface area (TPSA) is 88.0 Å². The van der Waals surface area contributed by atoms with Gasteiger partial charge in [0.15, 0.2) is 0 Å². The third-order valence-electron chi connectivity index (χ3n) is 4.53. The van der Waals surface area contributed by atoms with E-state index in [4.69, 9.17) is 0 Å². The quantitative estimate of drug-likeness (QED) is 0.416. The Balaban J connectivity index is 2.13. The van der Waals surface area contributed by atoms with Crippen molar-refractivity contribution in [3.63, 3.8) is 0 Å². The summed E-state index contributed by atoms with van der Waals surface area (Å²) in [5, 5.41) is 39.8. The summed E-state index contributed by atoms with van der Waals surface area (Å²) in [4.78, 5) is 0. The van der Waals surface area contributed by atoms with Crippen molar-refractivity contribution >= 4 is 28.9 Å². The van der Waals surface area contributed by atoms with Crippen molar-refractivity contribution in [3.8, 4) is 23.3 Å². The summed E-state index contributed by atoms with van der Waals surface area (Å²) in [6.07, 6.45) is 0. The number of benzene rings is 3. The van der Waals surface area contributed by atoms with E-state index >= 15 is 0 Å². The highest BCUT2D eigenvalue weighted by Gasteiger charge is 2.28. The summed E-state index contributed by atoms with van der Waals surface area (Å²) in [6, 6.07) is 20.9. The van der Waals surface area contributed by atoms with Gasteiger partial charge < -0.3 is 10.0 Å². The maximum atomic E-state index is 9.48. The van der Waals surface area contributed by atoms with Crippen LogP contribution in [-0.4, -0.2) is 17.2 Å². The second-order valence-electron chi connectivity index (χ2n) is 5.90. The van der Waals surface area contributed by atoms with E-state index in [0.717, 1.165) is 27.5 Å². The number of rotatable bonds is 1. The van der Waals surface area contributed by atoms with E-state index in [-0.39, 0.29) is 5.57 Å². The summed E-state index contributed by atoms with van der Waals surface area (Å²) < 4.78 is 0. The predicted octanol–water partition coefficient (Wildman–Crippen LogP) is 2.35. The summed E-state index contributed by atoms with van der Waals surface area (Å²) in [5.74, 6) is 0.